The van der Waals surface area contributed by atoms with Crippen LogP contribution in [0, 0.1) is 13.8 Å². The Hall–Kier alpha value is -3.14. The molecule has 1 amide bonds. The molecule has 1 heterocycles. The molecule has 1 aromatic heterocycles. The van der Waals surface area contributed by atoms with Gasteiger partial charge in [0.15, 0.2) is 0 Å². The van der Waals surface area contributed by atoms with Gasteiger partial charge >= 0.3 is 0 Å². The lowest BCUT2D eigenvalue weighted by Gasteiger charge is -2.09. The number of carbonyl (C=O) groups is 1. The van der Waals surface area contributed by atoms with Gasteiger partial charge in [0.2, 0.25) is 0 Å². The van der Waals surface area contributed by atoms with Crippen LogP contribution in [0.3, 0.4) is 0 Å². The summed E-state index contributed by atoms with van der Waals surface area (Å²) in [6, 6.07) is 19.2. The fourth-order valence-corrected chi connectivity index (χ4v) is 2.33. The number of carbonyl (C=O) groups excluding carboxylic acids is 1. The Morgan fingerprint density at radius 1 is 0.833 bits per heavy atom. The third-order valence-electron chi connectivity index (χ3n) is 3.82. The van der Waals surface area contributed by atoms with Crippen LogP contribution in [0.1, 0.15) is 21.6 Å². The Balaban J connectivity index is 1.75. The van der Waals surface area contributed by atoms with Gasteiger partial charge in [0, 0.05) is 23.3 Å². The number of hydrogen-bond acceptors (Lipinski definition) is 3. The maximum absolute atomic E-state index is 12.4. The number of rotatable bonds is 4. The molecule has 0 aliphatic carbocycles. The SMILES string of the molecule is Cc1ccc(NC(=O)c2cc(Nc3ccccc3)ccn2)cc1C. The second-order valence-corrected chi connectivity index (χ2v) is 5.67. The molecule has 0 aliphatic rings. The number of nitrogens with zero attached hydrogens (tertiary/aromatic N) is 1. The van der Waals surface area contributed by atoms with Gasteiger partial charge in [-0.1, -0.05) is 24.3 Å². The molecule has 0 saturated heterocycles. The van der Waals surface area contributed by atoms with Crippen LogP contribution in [0.2, 0.25) is 0 Å². The van der Waals surface area contributed by atoms with Crippen LogP contribution in [0.15, 0.2) is 66.9 Å². The Morgan fingerprint density at radius 2 is 1.62 bits per heavy atom. The van der Waals surface area contributed by atoms with Gasteiger partial charge in [0.25, 0.3) is 5.91 Å². The standard InChI is InChI=1S/C20H19N3O/c1-14-8-9-17(12-15(14)2)23-20(24)19-13-18(10-11-21-19)22-16-6-4-3-5-7-16/h3-13H,1-2H3,(H,21,22)(H,23,24). The maximum Gasteiger partial charge on any atom is 0.274 e. The van der Waals surface area contributed by atoms with E-state index in [1.807, 2.05) is 68.4 Å². The minimum atomic E-state index is -0.227. The highest BCUT2D eigenvalue weighted by Crippen LogP contribution is 2.18. The van der Waals surface area contributed by atoms with Gasteiger partial charge in [-0.3, -0.25) is 9.78 Å². The Labute approximate surface area is 141 Å². The van der Waals surface area contributed by atoms with E-state index in [1.165, 1.54) is 5.56 Å². The van der Waals surface area contributed by atoms with E-state index in [4.69, 9.17) is 0 Å². The topological polar surface area (TPSA) is 54.0 Å². The number of pyridine rings is 1. The molecule has 0 saturated carbocycles. The molecule has 0 bridgehead atoms. The number of anilines is 3. The summed E-state index contributed by atoms with van der Waals surface area (Å²) >= 11 is 0. The molecule has 120 valence electrons. The van der Waals surface area contributed by atoms with E-state index in [9.17, 15) is 4.79 Å². The molecule has 2 N–H and O–H groups in total. The Kier molecular flexibility index (Phi) is 4.57. The van der Waals surface area contributed by atoms with Gasteiger partial charge in [-0.25, -0.2) is 0 Å². The largest absolute Gasteiger partial charge is 0.355 e. The van der Waals surface area contributed by atoms with Gasteiger partial charge in [-0.05, 0) is 61.4 Å². The Bertz CT molecular complexity index is 860. The minimum Gasteiger partial charge on any atom is -0.355 e. The second-order valence-electron chi connectivity index (χ2n) is 5.67. The predicted octanol–water partition coefficient (Wildman–Crippen LogP) is 4.69. The molecule has 0 fully saturated rings. The van der Waals surface area contributed by atoms with Crippen LogP contribution >= 0.6 is 0 Å². The smallest absolute Gasteiger partial charge is 0.274 e. The van der Waals surface area contributed by atoms with Crippen LogP contribution < -0.4 is 10.6 Å². The van der Waals surface area contributed by atoms with E-state index in [1.54, 1.807) is 12.3 Å². The number of benzene rings is 2. The fraction of sp³-hybridized carbons (Fsp3) is 0.100. The van der Waals surface area contributed by atoms with Crippen molar-refractivity contribution in [2.24, 2.45) is 0 Å². The molecule has 24 heavy (non-hydrogen) atoms. The second kappa shape index (κ2) is 6.96. The molecule has 4 heteroatoms. The average molecular weight is 317 g/mol. The quantitative estimate of drug-likeness (QED) is 0.733. The van der Waals surface area contributed by atoms with Crippen molar-refractivity contribution in [3.63, 3.8) is 0 Å². The number of aryl methyl sites for hydroxylation is 2. The van der Waals surface area contributed by atoms with E-state index in [0.29, 0.717) is 5.69 Å². The Morgan fingerprint density at radius 3 is 2.38 bits per heavy atom. The van der Waals surface area contributed by atoms with Crippen molar-refractivity contribution < 1.29 is 4.79 Å². The molecular formula is C20H19N3O. The highest BCUT2D eigenvalue weighted by Gasteiger charge is 2.09. The summed E-state index contributed by atoms with van der Waals surface area (Å²) in [6.07, 6.45) is 1.63. The van der Waals surface area contributed by atoms with Gasteiger partial charge in [0.1, 0.15) is 5.69 Å². The lowest BCUT2D eigenvalue weighted by Crippen LogP contribution is -2.14. The monoisotopic (exact) mass is 317 g/mol. The summed E-state index contributed by atoms with van der Waals surface area (Å²) < 4.78 is 0. The fourth-order valence-electron chi connectivity index (χ4n) is 2.33. The molecule has 0 aliphatic heterocycles. The molecule has 2 aromatic carbocycles. The van der Waals surface area contributed by atoms with Crippen molar-refractivity contribution in [3.05, 3.63) is 83.7 Å². The van der Waals surface area contributed by atoms with Gasteiger partial charge in [0.05, 0.1) is 0 Å². The molecule has 0 radical (unpaired) electrons. The lowest BCUT2D eigenvalue weighted by molar-refractivity contribution is 0.102. The van der Waals surface area contributed by atoms with Crippen molar-refractivity contribution in [2.45, 2.75) is 13.8 Å². The van der Waals surface area contributed by atoms with Crippen molar-refractivity contribution in [1.82, 2.24) is 4.98 Å². The minimum absolute atomic E-state index is 0.227. The highest BCUT2D eigenvalue weighted by atomic mass is 16.1. The van der Waals surface area contributed by atoms with Crippen molar-refractivity contribution in [2.75, 3.05) is 10.6 Å². The van der Waals surface area contributed by atoms with Crippen LogP contribution in [-0.2, 0) is 0 Å². The van der Waals surface area contributed by atoms with E-state index in [2.05, 4.69) is 15.6 Å². The van der Waals surface area contributed by atoms with Crippen molar-refractivity contribution in [3.8, 4) is 0 Å². The summed E-state index contributed by atoms with van der Waals surface area (Å²) in [5.74, 6) is -0.227. The van der Waals surface area contributed by atoms with Crippen molar-refractivity contribution in [1.29, 1.82) is 0 Å². The first-order valence-electron chi connectivity index (χ1n) is 7.78. The maximum atomic E-state index is 12.4. The predicted molar refractivity (Wildman–Crippen MR) is 97.8 cm³/mol. The third kappa shape index (κ3) is 3.79. The lowest BCUT2D eigenvalue weighted by atomic mass is 10.1. The number of amides is 1. The van der Waals surface area contributed by atoms with Crippen molar-refractivity contribution >= 4 is 23.0 Å². The zero-order valence-electron chi connectivity index (χ0n) is 13.7. The van der Waals surface area contributed by atoms with Crippen LogP contribution in [0.25, 0.3) is 0 Å². The molecular weight excluding hydrogens is 298 g/mol. The first-order valence-corrected chi connectivity index (χ1v) is 7.78. The van der Waals surface area contributed by atoms with E-state index in [-0.39, 0.29) is 5.91 Å². The third-order valence-corrected chi connectivity index (χ3v) is 3.82. The molecule has 3 rings (SSSR count). The highest BCUT2D eigenvalue weighted by molar-refractivity contribution is 6.03. The number of para-hydroxylation sites is 1. The van der Waals surface area contributed by atoms with Crippen LogP contribution in [0.5, 0.6) is 0 Å². The molecule has 3 aromatic rings. The number of hydrogen-bond donors (Lipinski definition) is 2. The molecule has 0 unspecified atom stereocenters. The van der Waals surface area contributed by atoms with E-state index >= 15 is 0 Å². The summed E-state index contributed by atoms with van der Waals surface area (Å²) in [5, 5.41) is 6.15. The van der Waals surface area contributed by atoms with Gasteiger partial charge in [-0.15, -0.1) is 0 Å². The summed E-state index contributed by atoms with van der Waals surface area (Å²) in [6.45, 7) is 4.06. The van der Waals surface area contributed by atoms with Gasteiger partial charge < -0.3 is 10.6 Å². The molecule has 0 spiro atoms. The average Bonchev–Trinajstić information content (AvgIpc) is 2.59. The van der Waals surface area contributed by atoms with E-state index in [0.717, 1.165) is 22.6 Å². The molecule has 0 atom stereocenters. The zero-order chi connectivity index (χ0) is 16.9. The normalized spacial score (nSPS) is 10.2. The first-order chi connectivity index (χ1) is 11.6. The summed E-state index contributed by atoms with van der Waals surface area (Å²) in [7, 11) is 0. The first kappa shape index (κ1) is 15.7. The summed E-state index contributed by atoms with van der Waals surface area (Å²) in [5.41, 5.74) is 5.26. The number of nitrogens with one attached hydrogen (secondary N) is 2. The zero-order valence-corrected chi connectivity index (χ0v) is 13.7. The van der Waals surface area contributed by atoms with Gasteiger partial charge in [-0.2, -0.15) is 0 Å². The van der Waals surface area contributed by atoms with Crippen LogP contribution in [-0.4, -0.2) is 10.9 Å². The summed E-state index contributed by atoms with van der Waals surface area (Å²) in [4.78, 5) is 16.6. The van der Waals surface area contributed by atoms with E-state index < -0.39 is 0 Å². The van der Waals surface area contributed by atoms with Crippen LogP contribution in [0.4, 0.5) is 17.1 Å². The molecule has 4 nitrogen and oxygen atoms in total. The number of aromatic nitrogens is 1.